The molecule has 2 rings (SSSR count). The van der Waals surface area contributed by atoms with Gasteiger partial charge in [-0.2, -0.15) is 0 Å². The average molecular weight is 317 g/mol. The van der Waals surface area contributed by atoms with E-state index in [2.05, 4.69) is 4.98 Å². The molecule has 2 heterocycles. The summed E-state index contributed by atoms with van der Waals surface area (Å²) in [6, 6.07) is 1.49. The number of rotatable bonds is 2. The quantitative estimate of drug-likeness (QED) is 0.621. The highest BCUT2D eigenvalue weighted by Crippen LogP contribution is 2.23. The Morgan fingerprint density at radius 2 is 2.20 bits per heavy atom. The minimum absolute atomic E-state index is 0.161. The van der Waals surface area contributed by atoms with Crippen molar-refractivity contribution in [2.24, 2.45) is 5.92 Å². The second-order valence-electron chi connectivity index (χ2n) is 4.61. The fourth-order valence-electron chi connectivity index (χ4n) is 2.24. The molecule has 1 amide bonds. The third-order valence-corrected chi connectivity index (χ3v) is 3.97. The van der Waals surface area contributed by atoms with Crippen LogP contribution in [0.1, 0.15) is 23.2 Å². The van der Waals surface area contributed by atoms with Gasteiger partial charge >= 0.3 is 5.97 Å². The van der Waals surface area contributed by atoms with Gasteiger partial charge in [0.05, 0.1) is 23.6 Å². The standard InChI is InChI=1S/C13H14Cl2N2O3/c1-20-13(19)8-3-2-4-17(7-8)12(18)9-5-10(14)11(15)16-6-9/h5-6,8H,2-4,7H2,1H3/t8-/m0/s1. The monoisotopic (exact) mass is 316 g/mol. The van der Waals surface area contributed by atoms with E-state index in [9.17, 15) is 9.59 Å². The normalized spacial score (nSPS) is 18.8. The largest absolute Gasteiger partial charge is 0.469 e. The summed E-state index contributed by atoms with van der Waals surface area (Å²) in [6.45, 7) is 0.957. The van der Waals surface area contributed by atoms with E-state index in [4.69, 9.17) is 27.9 Å². The Morgan fingerprint density at radius 1 is 1.45 bits per heavy atom. The van der Waals surface area contributed by atoms with Crippen LogP contribution in [0.25, 0.3) is 0 Å². The van der Waals surface area contributed by atoms with Crippen molar-refractivity contribution in [1.82, 2.24) is 9.88 Å². The molecule has 1 aromatic heterocycles. The molecule has 0 aliphatic carbocycles. The molecule has 1 aromatic rings. The van der Waals surface area contributed by atoms with Crippen LogP contribution in [0.15, 0.2) is 12.3 Å². The highest BCUT2D eigenvalue weighted by molar-refractivity contribution is 6.41. The number of ether oxygens (including phenoxy) is 1. The smallest absolute Gasteiger partial charge is 0.310 e. The van der Waals surface area contributed by atoms with E-state index in [1.807, 2.05) is 0 Å². The van der Waals surface area contributed by atoms with Gasteiger partial charge in [0, 0.05) is 19.3 Å². The molecule has 0 aromatic carbocycles. The zero-order valence-electron chi connectivity index (χ0n) is 10.9. The van der Waals surface area contributed by atoms with Gasteiger partial charge in [0.1, 0.15) is 5.15 Å². The van der Waals surface area contributed by atoms with Gasteiger partial charge in [-0.25, -0.2) is 4.98 Å². The molecule has 0 saturated carbocycles. The zero-order chi connectivity index (χ0) is 14.7. The third kappa shape index (κ3) is 3.22. The molecule has 0 radical (unpaired) electrons. The summed E-state index contributed by atoms with van der Waals surface area (Å²) in [5.41, 5.74) is 0.366. The Hall–Kier alpha value is -1.33. The predicted molar refractivity (Wildman–Crippen MR) is 74.9 cm³/mol. The number of nitrogens with zero attached hydrogens (tertiary/aromatic N) is 2. The second kappa shape index (κ2) is 6.41. The molecule has 1 atom stereocenters. The van der Waals surface area contributed by atoms with Crippen molar-refractivity contribution in [1.29, 1.82) is 0 Å². The van der Waals surface area contributed by atoms with Gasteiger partial charge in [0.25, 0.3) is 5.91 Å². The lowest BCUT2D eigenvalue weighted by Crippen LogP contribution is -2.42. The van der Waals surface area contributed by atoms with Crippen LogP contribution in [0, 0.1) is 5.92 Å². The molecule has 0 bridgehead atoms. The summed E-state index contributed by atoms with van der Waals surface area (Å²) in [6.07, 6.45) is 2.88. The number of carbonyl (C=O) groups is 2. The molecule has 0 spiro atoms. The predicted octanol–water partition coefficient (Wildman–Crippen LogP) is 2.41. The average Bonchev–Trinajstić information content (AvgIpc) is 2.48. The number of halogens is 2. The number of methoxy groups -OCH3 is 1. The Balaban J connectivity index is 2.12. The first-order chi connectivity index (χ1) is 9.52. The molecule has 0 N–H and O–H groups in total. The van der Waals surface area contributed by atoms with Crippen LogP contribution in [0.3, 0.4) is 0 Å². The van der Waals surface area contributed by atoms with Crippen molar-refractivity contribution < 1.29 is 14.3 Å². The lowest BCUT2D eigenvalue weighted by Gasteiger charge is -2.31. The van der Waals surface area contributed by atoms with Crippen molar-refractivity contribution in [3.8, 4) is 0 Å². The van der Waals surface area contributed by atoms with Gasteiger partial charge in [0.15, 0.2) is 0 Å². The maximum Gasteiger partial charge on any atom is 0.310 e. The van der Waals surface area contributed by atoms with Crippen LogP contribution >= 0.6 is 23.2 Å². The van der Waals surface area contributed by atoms with Crippen LogP contribution in [0.4, 0.5) is 0 Å². The molecule has 1 fully saturated rings. The van der Waals surface area contributed by atoms with E-state index in [1.54, 1.807) is 4.90 Å². The Morgan fingerprint density at radius 3 is 2.85 bits per heavy atom. The lowest BCUT2D eigenvalue weighted by atomic mass is 9.97. The highest BCUT2D eigenvalue weighted by atomic mass is 35.5. The molecular formula is C13H14Cl2N2O3. The SMILES string of the molecule is COC(=O)[C@H]1CCCN(C(=O)c2cnc(Cl)c(Cl)c2)C1. The fourth-order valence-corrected chi connectivity index (χ4v) is 2.51. The van der Waals surface area contributed by atoms with E-state index in [-0.39, 0.29) is 28.0 Å². The van der Waals surface area contributed by atoms with Crippen molar-refractivity contribution in [3.05, 3.63) is 28.0 Å². The summed E-state index contributed by atoms with van der Waals surface area (Å²) < 4.78 is 4.73. The van der Waals surface area contributed by atoms with Crippen LogP contribution in [-0.2, 0) is 9.53 Å². The Labute approximate surface area is 126 Å². The Kier molecular flexibility index (Phi) is 4.83. The number of likely N-dealkylation sites (tertiary alicyclic amines) is 1. The van der Waals surface area contributed by atoms with Crippen molar-refractivity contribution in [3.63, 3.8) is 0 Å². The van der Waals surface area contributed by atoms with Gasteiger partial charge in [-0.3, -0.25) is 9.59 Å². The highest BCUT2D eigenvalue weighted by Gasteiger charge is 2.29. The summed E-state index contributed by atoms with van der Waals surface area (Å²) in [7, 11) is 1.35. The number of pyridine rings is 1. The van der Waals surface area contributed by atoms with E-state index in [0.717, 1.165) is 12.8 Å². The number of aromatic nitrogens is 1. The van der Waals surface area contributed by atoms with Gasteiger partial charge in [-0.1, -0.05) is 23.2 Å². The van der Waals surface area contributed by atoms with E-state index in [0.29, 0.717) is 18.7 Å². The lowest BCUT2D eigenvalue weighted by molar-refractivity contribution is -0.146. The number of piperidine rings is 1. The number of hydrogen-bond donors (Lipinski definition) is 0. The van der Waals surface area contributed by atoms with Crippen LogP contribution in [-0.4, -0.2) is 42.0 Å². The first-order valence-electron chi connectivity index (χ1n) is 6.21. The summed E-state index contributed by atoms with van der Waals surface area (Å²) in [5.74, 6) is -0.757. The first-order valence-corrected chi connectivity index (χ1v) is 6.96. The topological polar surface area (TPSA) is 59.5 Å². The molecule has 7 heteroatoms. The van der Waals surface area contributed by atoms with Crippen LogP contribution in [0.5, 0.6) is 0 Å². The molecule has 1 saturated heterocycles. The number of carbonyl (C=O) groups excluding carboxylic acids is 2. The fraction of sp³-hybridized carbons (Fsp3) is 0.462. The summed E-state index contributed by atoms with van der Waals surface area (Å²) >= 11 is 11.6. The van der Waals surface area contributed by atoms with Gasteiger partial charge < -0.3 is 9.64 Å². The van der Waals surface area contributed by atoms with Crippen LogP contribution in [0.2, 0.25) is 10.2 Å². The first kappa shape index (κ1) is 15.1. The molecule has 108 valence electrons. The number of amides is 1. The summed E-state index contributed by atoms with van der Waals surface area (Å²) in [4.78, 5) is 29.4. The number of esters is 1. The van der Waals surface area contributed by atoms with E-state index >= 15 is 0 Å². The molecular weight excluding hydrogens is 303 g/mol. The zero-order valence-corrected chi connectivity index (χ0v) is 12.4. The van der Waals surface area contributed by atoms with E-state index < -0.39 is 0 Å². The summed E-state index contributed by atoms with van der Waals surface area (Å²) in [5, 5.41) is 0.397. The minimum Gasteiger partial charge on any atom is -0.469 e. The van der Waals surface area contributed by atoms with E-state index in [1.165, 1.54) is 19.4 Å². The third-order valence-electron chi connectivity index (χ3n) is 3.29. The molecule has 20 heavy (non-hydrogen) atoms. The van der Waals surface area contributed by atoms with Crippen LogP contribution < -0.4 is 0 Å². The molecule has 1 aliphatic heterocycles. The molecule has 1 aliphatic rings. The van der Waals surface area contributed by atoms with Crippen molar-refractivity contribution in [2.45, 2.75) is 12.8 Å². The maximum atomic E-state index is 12.4. The van der Waals surface area contributed by atoms with Crippen molar-refractivity contribution >= 4 is 35.1 Å². The van der Waals surface area contributed by atoms with Gasteiger partial charge in [-0.05, 0) is 18.9 Å². The maximum absolute atomic E-state index is 12.4. The molecule has 0 unspecified atom stereocenters. The Bertz CT molecular complexity index is 536. The molecule has 5 nitrogen and oxygen atoms in total. The second-order valence-corrected chi connectivity index (χ2v) is 5.38. The van der Waals surface area contributed by atoms with Gasteiger partial charge in [0.2, 0.25) is 0 Å². The van der Waals surface area contributed by atoms with Crippen molar-refractivity contribution in [2.75, 3.05) is 20.2 Å². The van der Waals surface area contributed by atoms with Gasteiger partial charge in [-0.15, -0.1) is 0 Å². The minimum atomic E-state index is -0.283. The number of hydrogen-bond acceptors (Lipinski definition) is 4.